The van der Waals surface area contributed by atoms with Crippen LogP contribution in [-0.4, -0.2) is 24.4 Å². The van der Waals surface area contributed by atoms with Crippen LogP contribution in [-0.2, 0) is 15.8 Å². The molecular weight excluding hydrogens is 345 g/mol. The van der Waals surface area contributed by atoms with E-state index in [2.05, 4.69) is 5.32 Å². The van der Waals surface area contributed by atoms with Crippen molar-refractivity contribution < 1.29 is 22.8 Å². The van der Waals surface area contributed by atoms with Gasteiger partial charge in [0.05, 0.1) is 16.3 Å². The van der Waals surface area contributed by atoms with Crippen molar-refractivity contribution in [3.8, 4) is 0 Å². The lowest BCUT2D eigenvalue weighted by Crippen LogP contribution is -2.43. The van der Waals surface area contributed by atoms with Crippen LogP contribution in [0.4, 0.5) is 18.9 Å². The van der Waals surface area contributed by atoms with Gasteiger partial charge in [-0.1, -0.05) is 24.4 Å². The number of nitrogens with one attached hydrogen (secondary N) is 1. The van der Waals surface area contributed by atoms with Gasteiger partial charge in [0.2, 0.25) is 11.8 Å². The van der Waals surface area contributed by atoms with Crippen LogP contribution in [0.2, 0.25) is 5.02 Å². The SMILES string of the molecule is CC(=O)N(CC(=O)NC1CCCC1)c1cc(C(F)(F)F)ccc1Cl. The summed E-state index contributed by atoms with van der Waals surface area (Å²) in [5, 5.41) is 2.78. The lowest BCUT2D eigenvalue weighted by molar-refractivity contribution is -0.137. The Morgan fingerprint density at radius 3 is 2.46 bits per heavy atom. The highest BCUT2D eigenvalue weighted by Gasteiger charge is 2.32. The average Bonchev–Trinajstić information content (AvgIpc) is 2.97. The van der Waals surface area contributed by atoms with Gasteiger partial charge in [-0.25, -0.2) is 0 Å². The van der Waals surface area contributed by atoms with Gasteiger partial charge in [0.1, 0.15) is 6.54 Å². The third-order valence-electron chi connectivity index (χ3n) is 3.97. The van der Waals surface area contributed by atoms with E-state index < -0.39 is 23.6 Å². The lowest BCUT2D eigenvalue weighted by Gasteiger charge is -2.24. The Balaban J connectivity index is 2.20. The van der Waals surface area contributed by atoms with Crippen molar-refractivity contribution in [3.63, 3.8) is 0 Å². The predicted molar refractivity (Wildman–Crippen MR) is 84.9 cm³/mol. The summed E-state index contributed by atoms with van der Waals surface area (Å²) in [6, 6.07) is 2.75. The summed E-state index contributed by atoms with van der Waals surface area (Å²) in [6.07, 6.45) is -0.762. The van der Waals surface area contributed by atoms with Gasteiger partial charge in [0, 0.05) is 13.0 Å². The zero-order chi connectivity index (χ0) is 17.9. The largest absolute Gasteiger partial charge is 0.416 e. The molecule has 0 saturated heterocycles. The van der Waals surface area contributed by atoms with Crippen LogP contribution in [0.15, 0.2) is 18.2 Å². The molecule has 0 aliphatic heterocycles. The van der Waals surface area contributed by atoms with Gasteiger partial charge in [-0.3, -0.25) is 9.59 Å². The highest BCUT2D eigenvalue weighted by Crippen LogP contribution is 2.35. The first-order valence-corrected chi connectivity index (χ1v) is 8.00. The summed E-state index contributed by atoms with van der Waals surface area (Å²) < 4.78 is 38.6. The van der Waals surface area contributed by atoms with Gasteiger partial charge in [-0.05, 0) is 31.0 Å². The molecule has 1 fully saturated rings. The van der Waals surface area contributed by atoms with Crippen LogP contribution in [0.5, 0.6) is 0 Å². The fraction of sp³-hybridized carbons (Fsp3) is 0.500. The molecule has 0 atom stereocenters. The molecule has 0 radical (unpaired) electrons. The molecule has 132 valence electrons. The van der Waals surface area contributed by atoms with Gasteiger partial charge in [0.25, 0.3) is 0 Å². The molecule has 1 saturated carbocycles. The van der Waals surface area contributed by atoms with E-state index in [0.717, 1.165) is 48.8 Å². The first-order chi connectivity index (χ1) is 11.2. The minimum atomic E-state index is -4.56. The summed E-state index contributed by atoms with van der Waals surface area (Å²) in [6.45, 7) is 0.812. The molecule has 1 aromatic rings. The monoisotopic (exact) mass is 362 g/mol. The number of hydrogen-bond acceptors (Lipinski definition) is 2. The number of halogens is 4. The smallest absolute Gasteiger partial charge is 0.352 e. The second-order valence-corrected chi connectivity index (χ2v) is 6.23. The quantitative estimate of drug-likeness (QED) is 0.886. The minimum absolute atomic E-state index is 0.0214. The van der Waals surface area contributed by atoms with Crippen LogP contribution in [0.25, 0.3) is 0 Å². The molecule has 1 aliphatic carbocycles. The van der Waals surface area contributed by atoms with Crippen LogP contribution < -0.4 is 10.2 Å². The Labute approximate surface area is 143 Å². The molecule has 2 rings (SSSR count). The van der Waals surface area contributed by atoms with Crippen molar-refractivity contribution in [1.82, 2.24) is 5.32 Å². The molecule has 0 aromatic heterocycles. The minimum Gasteiger partial charge on any atom is -0.352 e. The summed E-state index contributed by atoms with van der Waals surface area (Å²) >= 11 is 5.95. The van der Waals surface area contributed by atoms with Gasteiger partial charge in [0.15, 0.2) is 0 Å². The van der Waals surface area contributed by atoms with E-state index in [0.29, 0.717) is 0 Å². The Hall–Kier alpha value is -1.76. The normalized spacial score (nSPS) is 15.4. The standard InChI is InChI=1S/C16H18ClF3N2O2/c1-10(23)22(9-15(24)21-12-4-2-3-5-12)14-8-11(16(18,19)20)6-7-13(14)17/h6-8,12H,2-5,9H2,1H3,(H,21,24). The second kappa shape index (κ2) is 7.42. The molecule has 0 bridgehead atoms. The fourth-order valence-electron chi connectivity index (χ4n) is 2.75. The van der Waals surface area contributed by atoms with E-state index in [9.17, 15) is 22.8 Å². The maximum Gasteiger partial charge on any atom is 0.416 e. The first kappa shape index (κ1) is 18.6. The van der Waals surface area contributed by atoms with E-state index >= 15 is 0 Å². The molecule has 4 nitrogen and oxygen atoms in total. The maximum absolute atomic E-state index is 12.9. The number of benzene rings is 1. The number of amides is 2. The Morgan fingerprint density at radius 1 is 1.29 bits per heavy atom. The zero-order valence-corrected chi connectivity index (χ0v) is 13.9. The summed E-state index contributed by atoms with van der Waals surface area (Å²) in [7, 11) is 0. The number of carbonyl (C=O) groups is 2. The molecule has 8 heteroatoms. The average molecular weight is 363 g/mol. The highest BCUT2D eigenvalue weighted by atomic mass is 35.5. The number of nitrogens with zero attached hydrogens (tertiary/aromatic N) is 1. The number of rotatable bonds is 4. The van der Waals surface area contributed by atoms with Crippen LogP contribution in [0.3, 0.4) is 0 Å². The Bertz CT molecular complexity index is 628. The molecule has 0 unspecified atom stereocenters. The van der Waals surface area contributed by atoms with Crippen molar-refractivity contribution in [3.05, 3.63) is 28.8 Å². The molecule has 1 N–H and O–H groups in total. The van der Waals surface area contributed by atoms with Crippen molar-refractivity contribution in [2.24, 2.45) is 0 Å². The lowest BCUT2D eigenvalue weighted by atomic mass is 10.1. The maximum atomic E-state index is 12.9. The van der Waals surface area contributed by atoms with Gasteiger partial charge in [-0.2, -0.15) is 13.2 Å². The number of alkyl halides is 3. The van der Waals surface area contributed by atoms with Gasteiger partial charge < -0.3 is 10.2 Å². The van der Waals surface area contributed by atoms with Crippen LogP contribution in [0.1, 0.15) is 38.2 Å². The van der Waals surface area contributed by atoms with Crippen molar-refractivity contribution in [2.45, 2.75) is 44.8 Å². The summed E-state index contributed by atoms with van der Waals surface area (Å²) in [5.74, 6) is -0.969. The summed E-state index contributed by atoms with van der Waals surface area (Å²) in [4.78, 5) is 24.9. The molecule has 0 spiro atoms. The number of carbonyl (C=O) groups excluding carboxylic acids is 2. The molecule has 1 aliphatic rings. The fourth-order valence-corrected chi connectivity index (χ4v) is 2.97. The van der Waals surface area contributed by atoms with Crippen LogP contribution in [0, 0.1) is 0 Å². The van der Waals surface area contributed by atoms with E-state index in [4.69, 9.17) is 11.6 Å². The van der Waals surface area contributed by atoms with E-state index in [1.807, 2.05) is 0 Å². The molecule has 24 heavy (non-hydrogen) atoms. The third kappa shape index (κ3) is 4.63. The van der Waals surface area contributed by atoms with Crippen molar-refractivity contribution in [1.29, 1.82) is 0 Å². The predicted octanol–water partition coefficient (Wildman–Crippen LogP) is 3.77. The first-order valence-electron chi connectivity index (χ1n) is 7.62. The van der Waals surface area contributed by atoms with E-state index in [1.165, 1.54) is 6.92 Å². The number of anilines is 1. The second-order valence-electron chi connectivity index (χ2n) is 5.82. The van der Waals surface area contributed by atoms with Crippen LogP contribution >= 0.6 is 11.6 Å². The van der Waals surface area contributed by atoms with Crippen molar-refractivity contribution >= 4 is 29.1 Å². The third-order valence-corrected chi connectivity index (χ3v) is 4.29. The Morgan fingerprint density at radius 2 is 1.92 bits per heavy atom. The molecule has 0 heterocycles. The highest BCUT2D eigenvalue weighted by molar-refractivity contribution is 6.34. The molecule has 1 aromatic carbocycles. The number of hydrogen-bond donors (Lipinski definition) is 1. The molecule has 2 amide bonds. The molecular formula is C16H18ClF3N2O2. The van der Waals surface area contributed by atoms with Crippen molar-refractivity contribution in [2.75, 3.05) is 11.4 Å². The van der Waals surface area contributed by atoms with E-state index in [1.54, 1.807) is 0 Å². The van der Waals surface area contributed by atoms with Gasteiger partial charge in [-0.15, -0.1) is 0 Å². The Kier molecular flexibility index (Phi) is 5.74. The topological polar surface area (TPSA) is 49.4 Å². The zero-order valence-electron chi connectivity index (χ0n) is 13.1. The summed E-state index contributed by atoms with van der Waals surface area (Å²) in [5.41, 5.74) is -1.05. The van der Waals surface area contributed by atoms with E-state index in [-0.39, 0.29) is 23.3 Å². The van der Waals surface area contributed by atoms with Gasteiger partial charge >= 0.3 is 6.18 Å².